The van der Waals surface area contributed by atoms with Crippen LogP contribution in [0, 0.1) is 0 Å². The van der Waals surface area contributed by atoms with Crippen molar-refractivity contribution in [2.45, 2.75) is 57.7 Å². The van der Waals surface area contributed by atoms with Crippen LogP contribution >= 0.6 is 0 Å². The Hall–Kier alpha value is -1.92. The van der Waals surface area contributed by atoms with Crippen molar-refractivity contribution >= 4 is 11.9 Å². The van der Waals surface area contributed by atoms with Crippen molar-refractivity contribution in [2.75, 3.05) is 33.4 Å². The molecule has 1 atom stereocenters. The first-order valence-corrected chi connectivity index (χ1v) is 10.3. The number of rotatable bonds is 7. The first-order chi connectivity index (χ1) is 13.4. The fraction of sp³-hybridized carbons (Fsp3) is 0.636. The summed E-state index contributed by atoms with van der Waals surface area (Å²) in [6.07, 6.45) is 2.13. The van der Waals surface area contributed by atoms with Crippen LogP contribution in [0.4, 0.5) is 4.79 Å². The predicted octanol–water partition coefficient (Wildman–Crippen LogP) is 2.77. The van der Waals surface area contributed by atoms with Gasteiger partial charge in [0.15, 0.2) is 0 Å². The highest BCUT2D eigenvalue weighted by atomic mass is 16.5. The Morgan fingerprint density at radius 3 is 2.29 bits per heavy atom. The molecule has 3 amide bonds. The highest BCUT2D eigenvalue weighted by Gasteiger charge is 2.58. The maximum absolute atomic E-state index is 13.4. The first kappa shape index (κ1) is 20.8. The van der Waals surface area contributed by atoms with Gasteiger partial charge in [-0.1, -0.05) is 30.3 Å². The molecule has 2 saturated heterocycles. The summed E-state index contributed by atoms with van der Waals surface area (Å²) in [5.74, 6) is -0.0143. The second kappa shape index (κ2) is 8.62. The quantitative estimate of drug-likeness (QED) is 0.675. The van der Waals surface area contributed by atoms with Crippen LogP contribution in [0.15, 0.2) is 30.3 Å². The van der Waals surface area contributed by atoms with Gasteiger partial charge in [0.25, 0.3) is 5.91 Å². The molecular formula is C22H33N3O3. The summed E-state index contributed by atoms with van der Waals surface area (Å²) in [7, 11) is 1.72. The Bertz CT molecular complexity index is 684. The molecule has 2 aliphatic rings. The van der Waals surface area contributed by atoms with Gasteiger partial charge < -0.3 is 9.64 Å². The van der Waals surface area contributed by atoms with E-state index in [0.29, 0.717) is 32.0 Å². The molecule has 0 bridgehead atoms. The Kier molecular flexibility index (Phi) is 6.40. The molecule has 0 aliphatic carbocycles. The highest BCUT2D eigenvalue weighted by Crippen LogP contribution is 2.38. The van der Waals surface area contributed by atoms with Gasteiger partial charge in [-0.25, -0.2) is 4.79 Å². The molecule has 0 N–H and O–H groups in total. The van der Waals surface area contributed by atoms with Crippen LogP contribution in [0.3, 0.4) is 0 Å². The van der Waals surface area contributed by atoms with Crippen LogP contribution < -0.4 is 0 Å². The molecular weight excluding hydrogens is 354 g/mol. The van der Waals surface area contributed by atoms with Gasteiger partial charge in [-0.3, -0.25) is 14.6 Å². The Morgan fingerprint density at radius 1 is 1.07 bits per heavy atom. The maximum atomic E-state index is 13.4. The zero-order valence-corrected chi connectivity index (χ0v) is 17.6. The van der Waals surface area contributed by atoms with Crippen molar-refractivity contribution in [3.05, 3.63) is 35.9 Å². The lowest BCUT2D eigenvalue weighted by molar-refractivity contribution is -0.137. The van der Waals surface area contributed by atoms with Crippen LogP contribution in [0.2, 0.25) is 0 Å². The van der Waals surface area contributed by atoms with Gasteiger partial charge in [-0.05, 0) is 45.6 Å². The minimum Gasteiger partial charge on any atom is -0.383 e. The number of methoxy groups -OCH3 is 1. The van der Waals surface area contributed by atoms with Gasteiger partial charge >= 0.3 is 6.03 Å². The van der Waals surface area contributed by atoms with Gasteiger partial charge in [0.05, 0.1) is 6.61 Å². The summed E-state index contributed by atoms with van der Waals surface area (Å²) in [6.45, 7) is 8.84. The molecule has 6 nitrogen and oxygen atoms in total. The Balaban J connectivity index is 1.79. The fourth-order valence-electron chi connectivity index (χ4n) is 4.56. The van der Waals surface area contributed by atoms with E-state index in [0.717, 1.165) is 19.5 Å². The molecule has 2 aliphatic heterocycles. The molecule has 0 radical (unpaired) electrons. The number of hydrogen-bond acceptors (Lipinski definition) is 4. The van der Waals surface area contributed by atoms with Crippen molar-refractivity contribution in [2.24, 2.45) is 0 Å². The Labute approximate surface area is 168 Å². The van der Waals surface area contributed by atoms with Crippen molar-refractivity contribution in [1.82, 2.24) is 14.7 Å². The molecule has 0 saturated carbocycles. The number of urea groups is 1. The fourth-order valence-corrected chi connectivity index (χ4v) is 4.56. The molecule has 6 heteroatoms. The van der Waals surface area contributed by atoms with Crippen LogP contribution in [-0.2, 0) is 16.0 Å². The third kappa shape index (κ3) is 3.80. The molecule has 3 rings (SSSR count). The standard InChI is InChI=1S/C22H33N3O3/c1-17(2)25-20(26)22(11-14-23(15-12-22)18(3)16-28-4)24(21(25)27)13-10-19-8-6-5-7-9-19/h5-9,17-18H,10-16H2,1-4H3. The lowest BCUT2D eigenvalue weighted by Crippen LogP contribution is -2.58. The molecule has 154 valence electrons. The molecule has 1 spiro atoms. The van der Waals surface area contributed by atoms with Crippen molar-refractivity contribution < 1.29 is 14.3 Å². The van der Waals surface area contributed by atoms with E-state index in [1.54, 1.807) is 7.11 Å². The van der Waals surface area contributed by atoms with Crippen LogP contribution in [0.25, 0.3) is 0 Å². The first-order valence-electron chi connectivity index (χ1n) is 10.3. The number of likely N-dealkylation sites (tertiary alicyclic amines) is 1. The lowest BCUT2D eigenvalue weighted by atomic mass is 9.85. The number of hydrogen-bond donors (Lipinski definition) is 0. The average Bonchev–Trinajstić information content (AvgIpc) is 2.88. The number of amides is 3. The molecule has 0 aromatic heterocycles. The van der Waals surface area contributed by atoms with E-state index in [2.05, 4.69) is 24.0 Å². The third-order valence-corrected chi connectivity index (χ3v) is 6.21. The molecule has 1 unspecified atom stereocenters. The number of carbonyl (C=O) groups excluding carboxylic acids is 2. The number of imide groups is 1. The summed E-state index contributed by atoms with van der Waals surface area (Å²) in [4.78, 5) is 32.2. The molecule has 2 heterocycles. The van der Waals surface area contributed by atoms with Gasteiger partial charge in [0, 0.05) is 38.8 Å². The van der Waals surface area contributed by atoms with E-state index in [1.807, 2.05) is 36.9 Å². The van der Waals surface area contributed by atoms with Crippen molar-refractivity contribution in [1.29, 1.82) is 0 Å². The number of piperidine rings is 1. The Morgan fingerprint density at radius 2 is 1.71 bits per heavy atom. The van der Waals surface area contributed by atoms with E-state index < -0.39 is 5.54 Å². The molecule has 1 aromatic carbocycles. The second-order valence-corrected chi connectivity index (χ2v) is 8.31. The monoisotopic (exact) mass is 387 g/mol. The second-order valence-electron chi connectivity index (χ2n) is 8.31. The van der Waals surface area contributed by atoms with Crippen LogP contribution in [-0.4, -0.2) is 77.6 Å². The van der Waals surface area contributed by atoms with E-state index in [1.165, 1.54) is 10.5 Å². The summed E-state index contributed by atoms with van der Waals surface area (Å²) < 4.78 is 5.29. The third-order valence-electron chi connectivity index (χ3n) is 6.21. The number of nitrogens with zero attached hydrogens (tertiary/aromatic N) is 3. The van der Waals surface area contributed by atoms with Gasteiger partial charge in [0.1, 0.15) is 5.54 Å². The van der Waals surface area contributed by atoms with Gasteiger partial charge in [0.2, 0.25) is 0 Å². The summed E-state index contributed by atoms with van der Waals surface area (Å²) in [6, 6.07) is 10.2. The maximum Gasteiger partial charge on any atom is 0.327 e. The largest absolute Gasteiger partial charge is 0.383 e. The van der Waals surface area contributed by atoms with E-state index in [9.17, 15) is 9.59 Å². The smallest absolute Gasteiger partial charge is 0.327 e. The van der Waals surface area contributed by atoms with E-state index in [-0.39, 0.29) is 18.0 Å². The van der Waals surface area contributed by atoms with Crippen molar-refractivity contribution in [3.8, 4) is 0 Å². The molecule has 2 fully saturated rings. The topological polar surface area (TPSA) is 53.1 Å². The van der Waals surface area contributed by atoms with Gasteiger partial charge in [-0.15, -0.1) is 0 Å². The number of ether oxygens (including phenoxy) is 1. The lowest BCUT2D eigenvalue weighted by Gasteiger charge is -2.44. The molecule has 28 heavy (non-hydrogen) atoms. The summed E-state index contributed by atoms with van der Waals surface area (Å²) in [5.41, 5.74) is 0.492. The zero-order chi connectivity index (χ0) is 20.3. The minimum absolute atomic E-state index is 0.0143. The van der Waals surface area contributed by atoms with Crippen LogP contribution in [0.1, 0.15) is 39.2 Å². The summed E-state index contributed by atoms with van der Waals surface area (Å²) in [5, 5.41) is 0. The van der Waals surface area contributed by atoms with Crippen molar-refractivity contribution in [3.63, 3.8) is 0 Å². The van der Waals surface area contributed by atoms with E-state index in [4.69, 9.17) is 4.74 Å². The van der Waals surface area contributed by atoms with E-state index >= 15 is 0 Å². The van der Waals surface area contributed by atoms with Gasteiger partial charge in [-0.2, -0.15) is 0 Å². The summed E-state index contributed by atoms with van der Waals surface area (Å²) >= 11 is 0. The number of benzene rings is 1. The van der Waals surface area contributed by atoms with Crippen LogP contribution in [0.5, 0.6) is 0 Å². The highest BCUT2D eigenvalue weighted by molar-refractivity contribution is 6.07. The average molecular weight is 388 g/mol. The predicted molar refractivity (Wildman–Crippen MR) is 109 cm³/mol. The zero-order valence-electron chi connectivity index (χ0n) is 17.6. The molecule has 1 aromatic rings. The minimum atomic E-state index is -0.695. The number of carbonyl (C=O) groups is 2. The normalized spacial score (nSPS) is 21.2. The SMILES string of the molecule is COCC(C)N1CCC2(CC1)C(=O)N(C(C)C)C(=O)N2CCc1ccccc1.